The number of benzene rings is 3. The number of rotatable bonds is 7. The van der Waals surface area contributed by atoms with Crippen molar-refractivity contribution in [3.63, 3.8) is 0 Å². The quantitative estimate of drug-likeness (QED) is 0.361. The van der Waals surface area contributed by atoms with E-state index in [2.05, 4.69) is 11.4 Å². The van der Waals surface area contributed by atoms with Crippen molar-refractivity contribution in [1.82, 2.24) is 5.32 Å². The topological polar surface area (TPSA) is 81.7 Å². The van der Waals surface area contributed by atoms with Gasteiger partial charge in [0.05, 0.1) is 13.2 Å². The number of hydrogen-bond donors (Lipinski definition) is 1. The van der Waals surface area contributed by atoms with Gasteiger partial charge in [0.1, 0.15) is 4.90 Å². The number of thioether (sulfide) groups is 1. The second kappa shape index (κ2) is 10.4. The summed E-state index contributed by atoms with van der Waals surface area (Å²) in [5.74, 6) is 1.07. The highest BCUT2D eigenvalue weighted by molar-refractivity contribution is 7.99. The molecule has 3 aromatic rings. The Morgan fingerprint density at radius 2 is 1.82 bits per heavy atom. The van der Waals surface area contributed by atoms with Crippen molar-refractivity contribution in [3.05, 3.63) is 89.5 Å². The van der Waals surface area contributed by atoms with Crippen LogP contribution in [0, 0.1) is 6.92 Å². The highest BCUT2D eigenvalue weighted by atomic mass is 32.2. The van der Waals surface area contributed by atoms with Crippen LogP contribution in [0.3, 0.4) is 0 Å². The van der Waals surface area contributed by atoms with Crippen molar-refractivity contribution < 1.29 is 22.1 Å². The van der Waals surface area contributed by atoms with Gasteiger partial charge >= 0.3 is 10.1 Å². The van der Waals surface area contributed by atoms with Crippen molar-refractivity contribution in [1.29, 1.82) is 0 Å². The molecule has 1 aliphatic rings. The second-order valence-corrected chi connectivity index (χ2v) is 10.5. The standard InChI is InChI=1S/C26H25NO5S2/c1-18-7-11-20(12-8-18)34(29,30)32-23-13-9-19(17-24(23)31-2)10-14-26(28)27-22-15-16-33-25-6-4-3-5-21(22)25/h3-14,17,22H,15-16H2,1-2H3,(H,27,28)/b14-10+. The zero-order valence-electron chi connectivity index (χ0n) is 18.9. The maximum Gasteiger partial charge on any atom is 0.339 e. The van der Waals surface area contributed by atoms with E-state index in [4.69, 9.17) is 8.92 Å². The van der Waals surface area contributed by atoms with E-state index in [-0.39, 0.29) is 28.3 Å². The van der Waals surface area contributed by atoms with Crippen LogP contribution in [0.1, 0.15) is 29.2 Å². The number of carbonyl (C=O) groups is 1. The smallest absolute Gasteiger partial charge is 0.339 e. The molecule has 6 nitrogen and oxygen atoms in total. The van der Waals surface area contributed by atoms with E-state index in [1.54, 1.807) is 42.1 Å². The molecule has 3 aromatic carbocycles. The Kier molecular flexibility index (Phi) is 7.29. The van der Waals surface area contributed by atoms with Crippen molar-refractivity contribution >= 4 is 33.9 Å². The first-order valence-electron chi connectivity index (χ1n) is 10.8. The minimum absolute atomic E-state index is 0.0214. The summed E-state index contributed by atoms with van der Waals surface area (Å²) < 4.78 is 35.9. The molecule has 34 heavy (non-hydrogen) atoms. The normalized spacial score (nSPS) is 15.5. The molecule has 1 atom stereocenters. The largest absolute Gasteiger partial charge is 0.493 e. The molecule has 1 heterocycles. The summed E-state index contributed by atoms with van der Waals surface area (Å²) in [6, 6.07) is 19.3. The number of fused-ring (bicyclic) bond motifs is 1. The molecule has 0 spiro atoms. The molecule has 1 N–H and O–H groups in total. The van der Waals surface area contributed by atoms with Gasteiger partial charge in [-0.15, -0.1) is 11.8 Å². The fraction of sp³-hybridized carbons (Fsp3) is 0.192. The van der Waals surface area contributed by atoms with Crippen molar-refractivity contribution in [3.8, 4) is 11.5 Å². The SMILES string of the molecule is COc1cc(/C=C/C(=O)NC2CCSc3ccccc32)ccc1OS(=O)(=O)c1ccc(C)cc1. The molecule has 1 amide bonds. The Hall–Kier alpha value is -3.23. The maximum atomic E-state index is 12.6. The first-order valence-corrected chi connectivity index (χ1v) is 13.1. The molecule has 0 aromatic heterocycles. The summed E-state index contributed by atoms with van der Waals surface area (Å²) in [4.78, 5) is 13.8. The van der Waals surface area contributed by atoms with E-state index >= 15 is 0 Å². The van der Waals surface area contributed by atoms with Gasteiger partial charge in [-0.2, -0.15) is 8.42 Å². The van der Waals surface area contributed by atoms with Crippen LogP contribution in [0.2, 0.25) is 0 Å². The summed E-state index contributed by atoms with van der Waals surface area (Å²) in [5, 5.41) is 3.06. The van der Waals surface area contributed by atoms with Crippen molar-refractivity contribution in [2.45, 2.75) is 29.2 Å². The summed E-state index contributed by atoms with van der Waals surface area (Å²) in [5.41, 5.74) is 2.76. The Labute approximate surface area is 204 Å². The molecular weight excluding hydrogens is 470 g/mol. The van der Waals surface area contributed by atoms with E-state index < -0.39 is 10.1 Å². The van der Waals surface area contributed by atoms with Crippen LogP contribution in [-0.2, 0) is 14.9 Å². The zero-order valence-corrected chi connectivity index (χ0v) is 20.5. The Morgan fingerprint density at radius 3 is 2.59 bits per heavy atom. The molecule has 0 aliphatic carbocycles. The van der Waals surface area contributed by atoms with E-state index in [0.29, 0.717) is 5.56 Å². The lowest BCUT2D eigenvalue weighted by Gasteiger charge is -2.25. The second-order valence-electron chi connectivity index (χ2n) is 7.83. The van der Waals surface area contributed by atoms with Crippen LogP contribution in [0.5, 0.6) is 11.5 Å². The van der Waals surface area contributed by atoms with Crippen LogP contribution < -0.4 is 14.2 Å². The molecule has 0 fully saturated rings. The van der Waals surface area contributed by atoms with Gasteiger partial charge in [-0.05, 0) is 60.9 Å². The number of methoxy groups -OCH3 is 1. The first kappa shape index (κ1) is 23.9. The van der Waals surface area contributed by atoms with E-state index in [9.17, 15) is 13.2 Å². The van der Waals surface area contributed by atoms with Crippen LogP contribution in [0.15, 0.2) is 82.6 Å². The van der Waals surface area contributed by atoms with Gasteiger partial charge in [-0.25, -0.2) is 0 Å². The number of hydrogen-bond acceptors (Lipinski definition) is 6. The molecule has 176 valence electrons. The lowest BCUT2D eigenvalue weighted by Crippen LogP contribution is -2.29. The summed E-state index contributed by atoms with van der Waals surface area (Å²) in [7, 11) is -2.58. The van der Waals surface area contributed by atoms with E-state index in [1.165, 1.54) is 36.3 Å². The number of carbonyl (C=O) groups excluding carboxylic acids is 1. The highest BCUT2D eigenvalue weighted by Gasteiger charge is 2.21. The van der Waals surface area contributed by atoms with Gasteiger partial charge in [-0.1, -0.05) is 42.0 Å². The lowest BCUT2D eigenvalue weighted by atomic mass is 10.0. The predicted octanol–water partition coefficient (Wildman–Crippen LogP) is 5.14. The van der Waals surface area contributed by atoms with E-state index in [1.807, 2.05) is 25.1 Å². The summed E-state index contributed by atoms with van der Waals surface area (Å²) >= 11 is 1.80. The van der Waals surface area contributed by atoms with Gasteiger partial charge < -0.3 is 14.2 Å². The molecular formula is C26H25NO5S2. The van der Waals surface area contributed by atoms with Crippen molar-refractivity contribution in [2.24, 2.45) is 0 Å². The van der Waals surface area contributed by atoms with Crippen LogP contribution in [0.25, 0.3) is 6.08 Å². The Morgan fingerprint density at radius 1 is 1.06 bits per heavy atom. The average molecular weight is 496 g/mol. The highest BCUT2D eigenvalue weighted by Crippen LogP contribution is 2.36. The number of ether oxygens (including phenoxy) is 1. The number of aryl methyl sites for hydroxylation is 1. The van der Waals surface area contributed by atoms with Crippen molar-refractivity contribution in [2.75, 3.05) is 12.9 Å². The Balaban J connectivity index is 1.45. The fourth-order valence-corrected chi connectivity index (χ4v) is 5.68. The van der Waals surface area contributed by atoms with Crippen LogP contribution in [-0.4, -0.2) is 27.2 Å². The third kappa shape index (κ3) is 5.63. The summed E-state index contributed by atoms with van der Waals surface area (Å²) in [6.07, 6.45) is 3.98. The van der Waals surface area contributed by atoms with E-state index in [0.717, 1.165) is 23.3 Å². The summed E-state index contributed by atoms with van der Waals surface area (Å²) in [6.45, 7) is 1.87. The lowest BCUT2D eigenvalue weighted by molar-refractivity contribution is -0.117. The predicted molar refractivity (Wildman–Crippen MR) is 134 cm³/mol. The molecule has 1 unspecified atom stereocenters. The minimum Gasteiger partial charge on any atom is -0.493 e. The Bertz CT molecular complexity index is 1320. The van der Waals surface area contributed by atoms with Gasteiger partial charge in [0, 0.05) is 16.7 Å². The maximum absolute atomic E-state index is 12.6. The zero-order chi connectivity index (χ0) is 24.1. The van der Waals surface area contributed by atoms with Gasteiger partial charge in [-0.3, -0.25) is 4.79 Å². The fourth-order valence-electron chi connectivity index (χ4n) is 3.61. The number of amides is 1. The third-order valence-electron chi connectivity index (χ3n) is 5.40. The number of nitrogens with one attached hydrogen (secondary N) is 1. The molecule has 8 heteroatoms. The molecule has 0 saturated heterocycles. The molecule has 0 saturated carbocycles. The van der Waals surface area contributed by atoms with Gasteiger partial charge in [0.2, 0.25) is 5.91 Å². The molecule has 0 bridgehead atoms. The minimum atomic E-state index is -4.01. The average Bonchev–Trinajstić information content (AvgIpc) is 2.84. The van der Waals surface area contributed by atoms with Crippen LogP contribution in [0.4, 0.5) is 0 Å². The molecule has 1 aliphatic heterocycles. The first-order chi connectivity index (χ1) is 16.4. The third-order valence-corrected chi connectivity index (χ3v) is 7.77. The molecule has 4 rings (SSSR count). The van der Waals surface area contributed by atoms with Gasteiger partial charge in [0.25, 0.3) is 0 Å². The van der Waals surface area contributed by atoms with Gasteiger partial charge in [0.15, 0.2) is 11.5 Å². The molecule has 0 radical (unpaired) electrons. The van der Waals surface area contributed by atoms with Crippen LogP contribution >= 0.6 is 11.8 Å². The monoisotopic (exact) mass is 495 g/mol.